The zero-order valence-corrected chi connectivity index (χ0v) is 9.68. The van der Waals surface area contributed by atoms with Crippen LogP contribution in [0.15, 0.2) is 0 Å². The minimum atomic E-state index is -0.154. The van der Waals surface area contributed by atoms with E-state index in [4.69, 9.17) is 0 Å². The zero-order valence-electron chi connectivity index (χ0n) is 9.68. The molecule has 1 aromatic heterocycles. The Hall–Kier alpha value is -0.900. The van der Waals surface area contributed by atoms with E-state index >= 15 is 0 Å². The number of aromatic amines is 1. The van der Waals surface area contributed by atoms with Crippen molar-refractivity contribution in [3.8, 4) is 0 Å². The lowest BCUT2D eigenvalue weighted by molar-refractivity contribution is 0.392. The zero-order chi connectivity index (χ0) is 10.8. The van der Waals surface area contributed by atoms with Crippen LogP contribution in [0.4, 0.5) is 0 Å². The summed E-state index contributed by atoms with van der Waals surface area (Å²) >= 11 is 0. The lowest BCUT2D eigenvalue weighted by Gasteiger charge is -2.21. The van der Waals surface area contributed by atoms with Crippen molar-refractivity contribution in [2.24, 2.45) is 0 Å². The molecule has 0 bridgehead atoms. The van der Waals surface area contributed by atoms with E-state index in [1.807, 2.05) is 0 Å². The van der Waals surface area contributed by atoms with E-state index in [0.29, 0.717) is 5.92 Å². The van der Waals surface area contributed by atoms with E-state index in [1.165, 1.54) is 0 Å². The maximum absolute atomic E-state index is 4.47. The molecule has 0 amide bonds. The van der Waals surface area contributed by atoms with Crippen molar-refractivity contribution in [2.75, 3.05) is 6.54 Å². The monoisotopic (exact) mass is 196 g/mol. The summed E-state index contributed by atoms with van der Waals surface area (Å²) in [6.45, 7) is 11.4. The molecule has 0 aliphatic rings. The summed E-state index contributed by atoms with van der Waals surface area (Å²) in [7, 11) is 0. The smallest absolute Gasteiger partial charge is 0.170 e. The first-order valence-corrected chi connectivity index (χ1v) is 5.15. The van der Waals surface area contributed by atoms with Crippen molar-refractivity contribution in [2.45, 2.75) is 46.1 Å². The van der Waals surface area contributed by atoms with E-state index < -0.39 is 0 Å². The van der Waals surface area contributed by atoms with Gasteiger partial charge < -0.3 is 5.32 Å². The van der Waals surface area contributed by atoms with E-state index in [-0.39, 0.29) is 5.54 Å². The average molecular weight is 196 g/mol. The largest absolute Gasteiger partial charge is 0.305 e. The fourth-order valence-corrected chi connectivity index (χ4v) is 1.33. The highest BCUT2D eigenvalue weighted by atomic mass is 15.2. The molecule has 0 aromatic carbocycles. The predicted octanol–water partition coefficient (Wildman–Crippen LogP) is 1.77. The lowest BCUT2D eigenvalue weighted by atomic mass is 10.1. The van der Waals surface area contributed by atoms with Gasteiger partial charge in [-0.1, -0.05) is 20.8 Å². The minimum Gasteiger partial charge on any atom is -0.305 e. The molecule has 0 spiro atoms. The molecule has 1 rings (SSSR count). The topological polar surface area (TPSA) is 53.6 Å². The first-order valence-electron chi connectivity index (χ1n) is 5.15. The minimum absolute atomic E-state index is 0.154. The van der Waals surface area contributed by atoms with Crippen molar-refractivity contribution in [3.05, 3.63) is 11.6 Å². The third-order valence-corrected chi connectivity index (χ3v) is 2.23. The fourth-order valence-electron chi connectivity index (χ4n) is 1.33. The number of hydrogen-bond donors (Lipinski definition) is 2. The number of nitrogens with zero attached hydrogens (tertiary/aromatic N) is 2. The van der Waals surface area contributed by atoms with Gasteiger partial charge in [0.05, 0.1) is 5.54 Å². The van der Waals surface area contributed by atoms with Gasteiger partial charge in [0.2, 0.25) is 0 Å². The summed E-state index contributed by atoms with van der Waals surface area (Å²) in [6, 6.07) is 0. The van der Waals surface area contributed by atoms with Gasteiger partial charge >= 0.3 is 0 Å². The van der Waals surface area contributed by atoms with Crippen LogP contribution >= 0.6 is 0 Å². The van der Waals surface area contributed by atoms with Gasteiger partial charge in [-0.05, 0) is 20.4 Å². The molecule has 0 saturated carbocycles. The summed E-state index contributed by atoms with van der Waals surface area (Å²) in [4.78, 5) is 4.47. The van der Waals surface area contributed by atoms with Crippen LogP contribution in [0.2, 0.25) is 0 Å². The second-order valence-corrected chi connectivity index (χ2v) is 4.35. The van der Waals surface area contributed by atoms with Gasteiger partial charge in [-0.3, -0.25) is 5.10 Å². The van der Waals surface area contributed by atoms with Crippen LogP contribution < -0.4 is 5.32 Å². The third-order valence-electron chi connectivity index (χ3n) is 2.23. The van der Waals surface area contributed by atoms with Crippen LogP contribution in [-0.2, 0) is 5.54 Å². The molecule has 0 aliphatic carbocycles. The molecule has 1 aromatic rings. The molecule has 0 unspecified atom stereocenters. The van der Waals surface area contributed by atoms with E-state index in [2.05, 4.69) is 55.1 Å². The van der Waals surface area contributed by atoms with Gasteiger partial charge in [0.15, 0.2) is 5.82 Å². The van der Waals surface area contributed by atoms with Crippen LogP contribution in [-0.4, -0.2) is 21.7 Å². The van der Waals surface area contributed by atoms with Crippen LogP contribution in [0.1, 0.15) is 52.2 Å². The maximum atomic E-state index is 4.47. The van der Waals surface area contributed by atoms with Gasteiger partial charge in [0.1, 0.15) is 5.82 Å². The number of hydrogen-bond acceptors (Lipinski definition) is 3. The van der Waals surface area contributed by atoms with E-state index in [9.17, 15) is 0 Å². The molecule has 2 N–H and O–H groups in total. The molecule has 1 heterocycles. The highest BCUT2D eigenvalue weighted by Crippen LogP contribution is 2.17. The van der Waals surface area contributed by atoms with Crippen molar-refractivity contribution in [1.82, 2.24) is 20.5 Å². The van der Waals surface area contributed by atoms with Crippen molar-refractivity contribution in [3.63, 3.8) is 0 Å². The molecular formula is C10H20N4. The van der Waals surface area contributed by atoms with Gasteiger partial charge in [-0.15, -0.1) is 0 Å². The molecule has 4 heteroatoms. The normalized spacial score (nSPS) is 12.4. The quantitative estimate of drug-likeness (QED) is 0.771. The summed E-state index contributed by atoms with van der Waals surface area (Å²) < 4.78 is 0. The average Bonchev–Trinajstić information content (AvgIpc) is 2.51. The molecule has 0 saturated heterocycles. The second kappa shape index (κ2) is 4.09. The molecule has 4 nitrogen and oxygen atoms in total. The van der Waals surface area contributed by atoms with E-state index in [1.54, 1.807) is 0 Å². The molecule has 14 heavy (non-hydrogen) atoms. The number of H-pyrrole nitrogens is 1. The number of rotatable bonds is 4. The molecule has 0 fully saturated rings. The Morgan fingerprint density at radius 2 is 2.07 bits per heavy atom. The molecule has 80 valence electrons. The Morgan fingerprint density at radius 1 is 1.43 bits per heavy atom. The lowest BCUT2D eigenvalue weighted by Crippen LogP contribution is -2.37. The Morgan fingerprint density at radius 3 is 2.50 bits per heavy atom. The first-order chi connectivity index (χ1) is 6.47. The predicted molar refractivity (Wildman–Crippen MR) is 57.2 cm³/mol. The van der Waals surface area contributed by atoms with Crippen molar-refractivity contribution < 1.29 is 0 Å². The van der Waals surface area contributed by atoms with Crippen LogP contribution in [0, 0.1) is 0 Å². The highest BCUT2D eigenvalue weighted by Gasteiger charge is 2.24. The highest BCUT2D eigenvalue weighted by molar-refractivity contribution is 5.04. The Kier molecular flexibility index (Phi) is 3.26. The van der Waals surface area contributed by atoms with Crippen LogP contribution in [0.3, 0.4) is 0 Å². The molecule has 0 aliphatic heterocycles. The van der Waals surface area contributed by atoms with Crippen LogP contribution in [0.5, 0.6) is 0 Å². The number of aromatic nitrogens is 3. The second-order valence-electron chi connectivity index (χ2n) is 4.35. The Bertz CT molecular complexity index is 288. The summed E-state index contributed by atoms with van der Waals surface area (Å²) in [5.74, 6) is 2.18. The number of nitrogens with one attached hydrogen (secondary N) is 2. The Balaban J connectivity index is 2.85. The van der Waals surface area contributed by atoms with E-state index in [0.717, 1.165) is 18.2 Å². The van der Waals surface area contributed by atoms with Crippen molar-refractivity contribution in [1.29, 1.82) is 0 Å². The van der Waals surface area contributed by atoms with Crippen molar-refractivity contribution >= 4 is 0 Å². The van der Waals surface area contributed by atoms with Gasteiger partial charge in [0.25, 0.3) is 0 Å². The standard InChI is InChI=1S/C10H20N4/c1-6-11-10(4,5)9-12-8(7(2)3)13-14-9/h7,11H,6H2,1-5H3,(H,12,13,14). The summed E-state index contributed by atoms with van der Waals surface area (Å²) in [6.07, 6.45) is 0. The van der Waals surface area contributed by atoms with Gasteiger partial charge in [0, 0.05) is 5.92 Å². The third kappa shape index (κ3) is 2.32. The van der Waals surface area contributed by atoms with Crippen LogP contribution in [0.25, 0.3) is 0 Å². The van der Waals surface area contributed by atoms with Gasteiger partial charge in [-0.25, -0.2) is 4.98 Å². The SMILES string of the molecule is CCNC(C)(C)c1n[nH]c(C(C)C)n1. The summed E-state index contributed by atoms with van der Waals surface area (Å²) in [5.41, 5.74) is -0.154. The fraction of sp³-hybridized carbons (Fsp3) is 0.800. The molecule has 0 radical (unpaired) electrons. The first kappa shape index (κ1) is 11.2. The maximum Gasteiger partial charge on any atom is 0.170 e. The van der Waals surface area contributed by atoms with Gasteiger partial charge in [-0.2, -0.15) is 5.10 Å². The Labute approximate surface area is 85.5 Å². The molecule has 0 atom stereocenters. The summed E-state index contributed by atoms with van der Waals surface area (Å²) in [5, 5.41) is 10.5. The molecular weight excluding hydrogens is 176 g/mol.